The van der Waals surface area contributed by atoms with Crippen LogP contribution >= 0.6 is 39.9 Å². The lowest BCUT2D eigenvalue weighted by Crippen LogP contribution is -2.16. The summed E-state index contributed by atoms with van der Waals surface area (Å²) in [4.78, 5) is 5.68. The first-order chi connectivity index (χ1) is 12.1. The fraction of sp³-hybridized carbons (Fsp3) is 0.250. The van der Waals surface area contributed by atoms with Crippen molar-refractivity contribution in [3.63, 3.8) is 0 Å². The number of halogens is 2. The number of aliphatic hydroxyl groups is 1. The highest BCUT2D eigenvalue weighted by molar-refractivity contribution is 8.93. The first-order valence-corrected chi connectivity index (χ1v) is 9.51. The van der Waals surface area contributed by atoms with E-state index in [1.165, 1.54) is 16.7 Å². The largest absolute Gasteiger partial charge is 0.396 e. The van der Waals surface area contributed by atoms with Crippen LogP contribution in [0.1, 0.15) is 17.5 Å². The van der Waals surface area contributed by atoms with Crippen molar-refractivity contribution in [2.24, 2.45) is 4.99 Å². The summed E-state index contributed by atoms with van der Waals surface area (Å²) < 4.78 is 2.18. The molecular weight excluding hydrogens is 432 g/mol. The summed E-state index contributed by atoms with van der Waals surface area (Å²) in [6, 6.07) is 14.0. The molecular formula is C20H22BrClN2OS. The Labute approximate surface area is 173 Å². The average Bonchev–Trinajstić information content (AvgIpc) is 3.00. The number of aryl methyl sites for hydroxylation is 2. The lowest BCUT2D eigenvalue weighted by atomic mass is 10.0. The van der Waals surface area contributed by atoms with Gasteiger partial charge in [0.15, 0.2) is 4.80 Å². The molecule has 138 valence electrons. The predicted octanol–water partition coefficient (Wildman–Crippen LogP) is 5.68. The molecule has 0 fully saturated rings. The molecule has 1 heterocycles. The molecule has 0 saturated heterocycles. The molecule has 1 N–H and O–H groups in total. The topological polar surface area (TPSA) is 37.5 Å². The molecule has 0 spiro atoms. The van der Waals surface area contributed by atoms with Gasteiger partial charge in [-0.2, -0.15) is 0 Å². The summed E-state index contributed by atoms with van der Waals surface area (Å²) in [7, 11) is 0. The van der Waals surface area contributed by atoms with Crippen LogP contribution in [-0.4, -0.2) is 16.3 Å². The highest BCUT2D eigenvalue weighted by Gasteiger charge is 2.09. The Morgan fingerprint density at radius 2 is 1.81 bits per heavy atom. The van der Waals surface area contributed by atoms with Gasteiger partial charge in [0.1, 0.15) is 0 Å². The maximum atomic E-state index is 9.26. The molecule has 3 rings (SSSR count). The van der Waals surface area contributed by atoms with Crippen LogP contribution in [0.2, 0.25) is 5.02 Å². The van der Waals surface area contributed by atoms with E-state index >= 15 is 0 Å². The fourth-order valence-electron chi connectivity index (χ4n) is 2.62. The van der Waals surface area contributed by atoms with Gasteiger partial charge < -0.3 is 9.67 Å². The number of rotatable bonds is 5. The number of hydrogen-bond acceptors (Lipinski definition) is 3. The van der Waals surface area contributed by atoms with E-state index in [1.807, 2.05) is 24.3 Å². The standard InChI is InChI=1S/C20H21ClN2OS.BrH/c1-14-4-5-16(12-15(14)2)19-13-25-20(23(19)10-3-11-24)22-18-8-6-17(21)7-9-18;/h4-9,12-13,24H,3,10-11H2,1-2H3;1H. The summed E-state index contributed by atoms with van der Waals surface area (Å²) in [6.45, 7) is 5.14. The van der Waals surface area contributed by atoms with Crippen molar-refractivity contribution in [1.29, 1.82) is 0 Å². The Balaban J connectivity index is 0.00000243. The second kappa shape index (κ2) is 9.51. The third-order valence-electron chi connectivity index (χ3n) is 4.19. The fourth-order valence-corrected chi connectivity index (χ4v) is 3.70. The van der Waals surface area contributed by atoms with E-state index in [0.717, 1.165) is 22.7 Å². The Morgan fingerprint density at radius 1 is 1.08 bits per heavy atom. The smallest absolute Gasteiger partial charge is 0.190 e. The summed E-state index contributed by atoms with van der Waals surface area (Å²) in [5, 5.41) is 12.1. The molecule has 3 nitrogen and oxygen atoms in total. The molecule has 0 aliphatic rings. The van der Waals surface area contributed by atoms with Crippen LogP contribution in [-0.2, 0) is 6.54 Å². The minimum atomic E-state index is 0. The van der Waals surface area contributed by atoms with Crippen LogP contribution < -0.4 is 4.80 Å². The zero-order chi connectivity index (χ0) is 17.8. The molecule has 6 heteroatoms. The van der Waals surface area contributed by atoms with Crippen molar-refractivity contribution in [2.75, 3.05) is 6.61 Å². The van der Waals surface area contributed by atoms with Gasteiger partial charge in [-0.15, -0.1) is 28.3 Å². The van der Waals surface area contributed by atoms with E-state index < -0.39 is 0 Å². The van der Waals surface area contributed by atoms with E-state index in [1.54, 1.807) is 11.3 Å². The third-order valence-corrected chi connectivity index (χ3v) is 5.31. The van der Waals surface area contributed by atoms with Crippen LogP contribution in [0.4, 0.5) is 5.69 Å². The van der Waals surface area contributed by atoms with Crippen LogP contribution in [0.15, 0.2) is 52.8 Å². The first kappa shape index (κ1) is 20.9. The summed E-state index contributed by atoms with van der Waals surface area (Å²) in [6.07, 6.45) is 0.697. The minimum Gasteiger partial charge on any atom is -0.396 e. The Kier molecular flexibility index (Phi) is 7.65. The van der Waals surface area contributed by atoms with Crippen LogP contribution in [0.3, 0.4) is 0 Å². The van der Waals surface area contributed by atoms with Gasteiger partial charge in [-0.3, -0.25) is 0 Å². The zero-order valence-electron chi connectivity index (χ0n) is 14.8. The van der Waals surface area contributed by atoms with Crippen molar-refractivity contribution >= 4 is 45.6 Å². The lowest BCUT2D eigenvalue weighted by molar-refractivity contribution is 0.279. The SMILES string of the molecule is Br.Cc1ccc(-c2csc(=Nc3ccc(Cl)cc3)n2CCCO)cc1C. The Bertz CT molecular complexity index is 932. The molecule has 0 aliphatic heterocycles. The predicted molar refractivity (Wildman–Crippen MR) is 116 cm³/mol. The molecule has 2 aromatic carbocycles. The van der Waals surface area contributed by atoms with Gasteiger partial charge in [-0.25, -0.2) is 4.99 Å². The van der Waals surface area contributed by atoms with Gasteiger partial charge in [-0.05, 0) is 67.3 Å². The quantitative estimate of drug-likeness (QED) is 0.530. The normalized spacial score (nSPS) is 11.5. The van der Waals surface area contributed by atoms with Crippen LogP contribution in [0, 0.1) is 13.8 Å². The number of aromatic nitrogens is 1. The van der Waals surface area contributed by atoms with Crippen molar-refractivity contribution < 1.29 is 5.11 Å². The molecule has 3 aromatic rings. The minimum absolute atomic E-state index is 0. The highest BCUT2D eigenvalue weighted by atomic mass is 79.9. The molecule has 0 bridgehead atoms. The van der Waals surface area contributed by atoms with Gasteiger partial charge in [0.2, 0.25) is 0 Å². The van der Waals surface area contributed by atoms with Gasteiger partial charge >= 0.3 is 0 Å². The molecule has 0 saturated carbocycles. The van der Waals surface area contributed by atoms with Gasteiger partial charge in [0, 0.05) is 23.6 Å². The number of thiazole rings is 1. The van der Waals surface area contributed by atoms with Crippen molar-refractivity contribution in [3.05, 3.63) is 68.8 Å². The molecule has 1 aromatic heterocycles. The van der Waals surface area contributed by atoms with Crippen LogP contribution in [0.5, 0.6) is 0 Å². The molecule has 0 aliphatic carbocycles. The van der Waals surface area contributed by atoms with Crippen molar-refractivity contribution in [2.45, 2.75) is 26.8 Å². The number of aliphatic hydroxyl groups excluding tert-OH is 1. The van der Waals surface area contributed by atoms with E-state index in [0.29, 0.717) is 11.4 Å². The van der Waals surface area contributed by atoms with Crippen molar-refractivity contribution in [1.82, 2.24) is 4.57 Å². The molecule has 26 heavy (non-hydrogen) atoms. The van der Waals surface area contributed by atoms with E-state index in [9.17, 15) is 5.11 Å². The van der Waals surface area contributed by atoms with Crippen LogP contribution in [0.25, 0.3) is 11.3 Å². The first-order valence-electron chi connectivity index (χ1n) is 8.25. The molecule has 0 radical (unpaired) electrons. The molecule has 0 unspecified atom stereocenters. The second-order valence-electron chi connectivity index (χ2n) is 6.02. The van der Waals surface area contributed by atoms with Gasteiger partial charge in [-0.1, -0.05) is 23.7 Å². The number of benzene rings is 2. The summed E-state index contributed by atoms with van der Waals surface area (Å²) >= 11 is 7.57. The van der Waals surface area contributed by atoms with Crippen molar-refractivity contribution in [3.8, 4) is 11.3 Å². The summed E-state index contributed by atoms with van der Waals surface area (Å²) in [5.41, 5.74) is 5.74. The summed E-state index contributed by atoms with van der Waals surface area (Å²) in [5.74, 6) is 0. The number of nitrogens with zero attached hydrogens (tertiary/aromatic N) is 2. The average molecular weight is 454 g/mol. The third kappa shape index (κ3) is 4.86. The monoisotopic (exact) mass is 452 g/mol. The molecule has 0 atom stereocenters. The number of hydrogen-bond donors (Lipinski definition) is 1. The second-order valence-corrected chi connectivity index (χ2v) is 7.29. The lowest BCUT2D eigenvalue weighted by Gasteiger charge is -2.10. The van der Waals surface area contributed by atoms with Gasteiger partial charge in [0.05, 0.1) is 11.4 Å². The highest BCUT2D eigenvalue weighted by Crippen LogP contribution is 2.24. The Hall–Kier alpha value is -1.40. The maximum absolute atomic E-state index is 9.26. The Morgan fingerprint density at radius 3 is 2.46 bits per heavy atom. The van der Waals surface area contributed by atoms with E-state index in [-0.39, 0.29) is 23.6 Å². The maximum Gasteiger partial charge on any atom is 0.190 e. The van der Waals surface area contributed by atoms with E-state index in [4.69, 9.17) is 16.6 Å². The van der Waals surface area contributed by atoms with E-state index in [2.05, 4.69) is 42.0 Å². The van der Waals surface area contributed by atoms with Gasteiger partial charge in [0.25, 0.3) is 0 Å². The zero-order valence-corrected chi connectivity index (χ0v) is 18.1. The molecule has 0 amide bonds.